The lowest BCUT2D eigenvalue weighted by Gasteiger charge is -2.09. The quantitative estimate of drug-likeness (QED) is 0.754. The fourth-order valence-electron chi connectivity index (χ4n) is 2.42. The van der Waals surface area contributed by atoms with Crippen molar-refractivity contribution in [1.29, 1.82) is 0 Å². The van der Waals surface area contributed by atoms with Crippen LogP contribution in [0.2, 0.25) is 0 Å². The summed E-state index contributed by atoms with van der Waals surface area (Å²) in [5.41, 5.74) is 1.55. The predicted molar refractivity (Wildman–Crippen MR) is 87.3 cm³/mol. The van der Waals surface area contributed by atoms with Gasteiger partial charge in [0.25, 0.3) is 0 Å². The highest BCUT2D eigenvalue weighted by molar-refractivity contribution is 5.98. The Kier molecular flexibility index (Phi) is 4.01. The van der Waals surface area contributed by atoms with Crippen molar-refractivity contribution < 1.29 is 9.90 Å². The number of nitrogens with one attached hydrogen (secondary N) is 1. The van der Waals surface area contributed by atoms with E-state index in [4.69, 9.17) is 5.11 Å². The number of aromatic carboxylic acids is 1. The summed E-state index contributed by atoms with van der Waals surface area (Å²) in [6, 6.07) is 17.1. The highest BCUT2D eigenvalue weighted by atomic mass is 16.4. The zero-order chi connectivity index (χ0) is 15.4. The fourth-order valence-corrected chi connectivity index (χ4v) is 2.42. The van der Waals surface area contributed by atoms with Crippen molar-refractivity contribution in [3.63, 3.8) is 0 Å². The van der Waals surface area contributed by atoms with Crippen LogP contribution in [0.15, 0.2) is 60.8 Å². The maximum atomic E-state index is 11.0. The SMILES string of the molecule is O=C(O)c1ccc2c(NCCc3ccccc3)nccc2c1. The lowest BCUT2D eigenvalue weighted by atomic mass is 10.1. The molecule has 0 unspecified atom stereocenters. The average molecular weight is 292 g/mol. The van der Waals surface area contributed by atoms with Crippen LogP contribution in [-0.2, 0) is 6.42 Å². The number of fused-ring (bicyclic) bond motifs is 1. The van der Waals surface area contributed by atoms with Crippen LogP contribution >= 0.6 is 0 Å². The molecule has 0 atom stereocenters. The molecule has 0 amide bonds. The van der Waals surface area contributed by atoms with Gasteiger partial charge in [0, 0.05) is 18.1 Å². The van der Waals surface area contributed by atoms with E-state index < -0.39 is 5.97 Å². The minimum absolute atomic E-state index is 0.286. The van der Waals surface area contributed by atoms with Gasteiger partial charge < -0.3 is 10.4 Å². The van der Waals surface area contributed by atoms with Crippen molar-refractivity contribution in [2.75, 3.05) is 11.9 Å². The first-order valence-electron chi connectivity index (χ1n) is 7.14. The molecule has 4 nitrogen and oxygen atoms in total. The van der Waals surface area contributed by atoms with E-state index in [1.165, 1.54) is 5.56 Å². The number of carboxylic acid groups (broad SMARTS) is 1. The Morgan fingerprint density at radius 2 is 1.91 bits per heavy atom. The molecule has 2 N–H and O–H groups in total. The van der Waals surface area contributed by atoms with E-state index in [9.17, 15) is 4.79 Å². The number of carbonyl (C=O) groups is 1. The third kappa shape index (κ3) is 3.06. The number of rotatable bonds is 5. The van der Waals surface area contributed by atoms with Gasteiger partial charge in [-0.25, -0.2) is 9.78 Å². The number of anilines is 1. The van der Waals surface area contributed by atoms with Gasteiger partial charge in [-0.05, 0) is 41.6 Å². The molecule has 0 fully saturated rings. The van der Waals surface area contributed by atoms with Gasteiger partial charge in [-0.3, -0.25) is 0 Å². The summed E-state index contributed by atoms with van der Waals surface area (Å²) in [6.45, 7) is 0.775. The molecular weight excluding hydrogens is 276 g/mol. The van der Waals surface area contributed by atoms with Crippen LogP contribution in [0.3, 0.4) is 0 Å². The third-order valence-corrected chi connectivity index (χ3v) is 3.56. The van der Waals surface area contributed by atoms with Gasteiger partial charge >= 0.3 is 5.97 Å². The van der Waals surface area contributed by atoms with Crippen molar-refractivity contribution in [3.8, 4) is 0 Å². The summed E-state index contributed by atoms with van der Waals surface area (Å²) in [6.07, 6.45) is 2.60. The first kappa shape index (κ1) is 14.1. The molecule has 3 rings (SSSR count). The van der Waals surface area contributed by atoms with Crippen LogP contribution in [0.5, 0.6) is 0 Å². The third-order valence-electron chi connectivity index (χ3n) is 3.56. The normalized spacial score (nSPS) is 10.5. The van der Waals surface area contributed by atoms with Crippen LogP contribution in [0.1, 0.15) is 15.9 Å². The molecular formula is C18H16N2O2. The van der Waals surface area contributed by atoms with Gasteiger partial charge in [-0.1, -0.05) is 30.3 Å². The summed E-state index contributed by atoms with van der Waals surface area (Å²) in [4.78, 5) is 15.4. The molecule has 1 heterocycles. The minimum Gasteiger partial charge on any atom is -0.478 e. The number of nitrogens with zero attached hydrogens (tertiary/aromatic N) is 1. The number of aromatic nitrogens is 1. The van der Waals surface area contributed by atoms with Gasteiger partial charge in [0.15, 0.2) is 0 Å². The topological polar surface area (TPSA) is 62.2 Å². The number of pyridine rings is 1. The first-order valence-corrected chi connectivity index (χ1v) is 7.14. The largest absolute Gasteiger partial charge is 0.478 e. The van der Waals surface area contributed by atoms with Crippen LogP contribution in [0, 0.1) is 0 Å². The molecule has 110 valence electrons. The lowest BCUT2D eigenvalue weighted by Crippen LogP contribution is -2.06. The van der Waals surface area contributed by atoms with E-state index >= 15 is 0 Å². The van der Waals surface area contributed by atoms with Crippen molar-refractivity contribution in [2.45, 2.75) is 6.42 Å². The highest BCUT2D eigenvalue weighted by Gasteiger charge is 2.06. The van der Waals surface area contributed by atoms with Crippen molar-refractivity contribution in [2.24, 2.45) is 0 Å². The number of benzene rings is 2. The van der Waals surface area contributed by atoms with Gasteiger partial charge in [0.1, 0.15) is 5.82 Å². The second-order valence-corrected chi connectivity index (χ2v) is 5.06. The standard InChI is InChI=1S/C18H16N2O2/c21-18(22)15-6-7-16-14(12-15)9-11-20-17(16)19-10-8-13-4-2-1-3-5-13/h1-7,9,11-12H,8,10H2,(H,19,20)(H,21,22). The van der Waals surface area contributed by atoms with E-state index in [0.29, 0.717) is 0 Å². The predicted octanol–water partition coefficient (Wildman–Crippen LogP) is 3.59. The van der Waals surface area contributed by atoms with Crippen LogP contribution in [0.25, 0.3) is 10.8 Å². The van der Waals surface area contributed by atoms with Gasteiger partial charge in [0.2, 0.25) is 0 Å². The van der Waals surface area contributed by atoms with E-state index in [-0.39, 0.29) is 5.56 Å². The maximum Gasteiger partial charge on any atom is 0.335 e. The van der Waals surface area contributed by atoms with Gasteiger partial charge in [-0.15, -0.1) is 0 Å². The summed E-state index contributed by atoms with van der Waals surface area (Å²) in [5, 5.41) is 14.2. The second kappa shape index (κ2) is 6.26. The average Bonchev–Trinajstić information content (AvgIpc) is 2.55. The van der Waals surface area contributed by atoms with Crippen LogP contribution in [-0.4, -0.2) is 22.6 Å². The van der Waals surface area contributed by atoms with Gasteiger partial charge in [-0.2, -0.15) is 0 Å². The number of hydrogen-bond donors (Lipinski definition) is 2. The Labute approximate surface area is 128 Å². The highest BCUT2D eigenvalue weighted by Crippen LogP contribution is 2.22. The Hall–Kier alpha value is -2.88. The smallest absolute Gasteiger partial charge is 0.335 e. The zero-order valence-electron chi connectivity index (χ0n) is 12.0. The van der Waals surface area contributed by atoms with E-state index in [2.05, 4.69) is 22.4 Å². The Balaban J connectivity index is 1.77. The minimum atomic E-state index is -0.919. The molecule has 0 bridgehead atoms. The Morgan fingerprint density at radius 3 is 2.68 bits per heavy atom. The summed E-state index contributed by atoms with van der Waals surface area (Å²) >= 11 is 0. The summed E-state index contributed by atoms with van der Waals surface area (Å²) in [5.74, 6) is -0.136. The molecule has 0 spiro atoms. The first-order chi connectivity index (χ1) is 10.7. The molecule has 0 saturated heterocycles. The van der Waals surface area contributed by atoms with Gasteiger partial charge in [0.05, 0.1) is 5.56 Å². The van der Waals surface area contributed by atoms with Crippen molar-refractivity contribution in [1.82, 2.24) is 4.98 Å². The van der Waals surface area contributed by atoms with Crippen molar-refractivity contribution in [3.05, 3.63) is 71.9 Å². The van der Waals surface area contributed by atoms with E-state index in [1.807, 2.05) is 24.3 Å². The molecule has 0 aliphatic heterocycles. The molecule has 0 aliphatic rings. The molecule has 22 heavy (non-hydrogen) atoms. The summed E-state index contributed by atoms with van der Waals surface area (Å²) in [7, 11) is 0. The summed E-state index contributed by atoms with van der Waals surface area (Å²) < 4.78 is 0. The molecule has 0 radical (unpaired) electrons. The fraction of sp³-hybridized carbons (Fsp3) is 0.111. The molecule has 3 aromatic rings. The lowest BCUT2D eigenvalue weighted by molar-refractivity contribution is 0.0697. The number of hydrogen-bond acceptors (Lipinski definition) is 3. The maximum absolute atomic E-state index is 11.0. The Bertz CT molecular complexity index is 801. The molecule has 1 aromatic heterocycles. The zero-order valence-corrected chi connectivity index (χ0v) is 12.0. The molecule has 0 saturated carbocycles. The van der Waals surface area contributed by atoms with Crippen molar-refractivity contribution >= 4 is 22.6 Å². The monoisotopic (exact) mass is 292 g/mol. The van der Waals surface area contributed by atoms with Crippen LogP contribution < -0.4 is 5.32 Å². The van der Waals surface area contributed by atoms with Crippen LogP contribution in [0.4, 0.5) is 5.82 Å². The van der Waals surface area contributed by atoms with E-state index in [0.717, 1.165) is 29.6 Å². The second-order valence-electron chi connectivity index (χ2n) is 5.06. The van der Waals surface area contributed by atoms with E-state index in [1.54, 1.807) is 24.4 Å². The number of carboxylic acids is 1. The Morgan fingerprint density at radius 1 is 1.09 bits per heavy atom. The molecule has 4 heteroatoms. The molecule has 0 aliphatic carbocycles. The molecule has 2 aromatic carbocycles.